The van der Waals surface area contributed by atoms with Crippen LogP contribution in [0, 0.1) is 0 Å². The summed E-state index contributed by atoms with van der Waals surface area (Å²) in [5, 5.41) is 0. The van der Waals surface area contributed by atoms with Crippen LogP contribution in [0.25, 0.3) is 11.1 Å². The Morgan fingerprint density at radius 1 is 1.03 bits per heavy atom. The first-order chi connectivity index (χ1) is 15.5. The first kappa shape index (κ1) is 24.8. The molecule has 1 fully saturated rings. The number of ether oxygens (including phenoxy) is 2. The Morgan fingerprint density at radius 3 is 2.34 bits per heavy atom. The molecule has 0 radical (unpaired) electrons. The van der Waals surface area contributed by atoms with E-state index in [4.69, 9.17) is 9.47 Å². The number of carbonyl (C=O) groups is 1. The van der Waals surface area contributed by atoms with Crippen molar-refractivity contribution in [2.45, 2.75) is 83.4 Å². The van der Waals surface area contributed by atoms with Crippen molar-refractivity contribution >= 4 is 21.9 Å². The third-order valence-corrected chi connectivity index (χ3v) is 6.75. The molecule has 3 nitrogen and oxygen atoms in total. The topological polar surface area (TPSA) is 35.5 Å². The fraction of sp³-hybridized carbons (Fsp3) is 0.519. The molecule has 1 saturated carbocycles. The summed E-state index contributed by atoms with van der Waals surface area (Å²) in [4.78, 5) is 11.9. The van der Waals surface area contributed by atoms with E-state index in [1.165, 1.54) is 11.1 Å². The Labute approximate surface area is 199 Å². The lowest BCUT2D eigenvalue weighted by atomic mass is 9.82. The van der Waals surface area contributed by atoms with Crippen molar-refractivity contribution in [3.63, 3.8) is 0 Å². The van der Waals surface area contributed by atoms with E-state index in [0.29, 0.717) is 18.9 Å². The number of esters is 1. The molecule has 0 saturated heterocycles. The summed E-state index contributed by atoms with van der Waals surface area (Å²) in [7, 11) is 0. The Hall–Kier alpha value is -1.88. The fourth-order valence-electron chi connectivity index (χ4n) is 4.21. The third kappa shape index (κ3) is 6.81. The minimum absolute atomic E-state index is 0.149. The van der Waals surface area contributed by atoms with E-state index >= 15 is 0 Å². The molecule has 0 unspecified atom stereocenters. The molecule has 1 aliphatic rings. The molecule has 0 bridgehead atoms. The van der Waals surface area contributed by atoms with Gasteiger partial charge >= 0.3 is 5.97 Å². The van der Waals surface area contributed by atoms with Gasteiger partial charge in [0.1, 0.15) is 11.9 Å². The summed E-state index contributed by atoms with van der Waals surface area (Å²) in [5.74, 6) is 0.648. The Balaban J connectivity index is 1.53. The van der Waals surface area contributed by atoms with Crippen LogP contribution in [-0.2, 0) is 9.53 Å². The average molecular weight is 505 g/mol. The van der Waals surface area contributed by atoms with Crippen molar-refractivity contribution in [2.75, 3.05) is 6.61 Å². The number of alkyl halides is 1. The number of halogens is 2. The predicted octanol–water partition coefficient (Wildman–Crippen LogP) is 8.00. The molecule has 1 aliphatic carbocycles. The van der Waals surface area contributed by atoms with Crippen molar-refractivity contribution in [3.05, 3.63) is 52.5 Å². The van der Waals surface area contributed by atoms with Crippen LogP contribution in [0.5, 0.6) is 5.75 Å². The summed E-state index contributed by atoms with van der Waals surface area (Å²) in [6.45, 7) is 4.79. The van der Waals surface area contributed by atoms with Crippen LogP contribution in [0.4, 0.5) is 4.39 Å². The summed E-state index contributed by atoms with van der Waals surface area (Å²) >= 11 is 3.61. The molecule has 0 heterocycles. The van der Waals surface area contributed by atoms with Crippen molar-refractivity contribution in [1.82, 2.24) is 0 Å². The lowest BCUT2D eigenvalue weighted by Crippen LogP contribution is -2.28. The maximum absolute atomic E-state index is 13.9. The number of rotatable bonds is 10. The molecule has 5 heteroatoms. The molecular formula is C27H34BrFO3. The first-order valence-electron chi connectivity index (χ1n) is 11.9. The second-order valence-corrected chi connectivity index (χ2v) is 9.49. The van der Waals surface area contributed by atoms with Crippen molar-refractivity contribution in [2.24, 2.45) is 0 Å². The average Bonchev–Trinajstić information content (AvgIpc) is 2.82. The van der Waals surface area contributed by atoms with E-state index in [0.717, 1.165) is 54.3 Å². The van der Waals surface area contributed by atoms with Crippen LogP contribution in [0.15, 0.2) is 46.9 Å². The Kier molecular flexibility index (Phi) is 9.58. The minimum atomic E-state index is -1.48. The largest absolute Gasteiger partial charge is 0.492 e. The van der Waals surface area contributed by atoms with E-state index in [2.05, 4.69) is 59.3 Å². The zero-order chi connectivity index (χ0) is 22.9. The summed E-state index contributed by atoms with van der Waals surface area (Å²) in [6, 6.07) is 14.9. The highest BCUT2D eigenvalue weighted by atomic mass is 79.9. The van der Waals surface area contributed by atoms with Gasteiger partial charge in [0.2, 0.25) is 0 Å². The van der Waals surface area contributed by atoms with Crippen LogP contribution >= 0.6 is 15.9 Å². The predicted molar refractivity (Wildman–Crippen MR) is 131 cm³/mol. The highest BCUT2D eigenvalue weighted by Crippen LogP contribution is 2.36. The van der Waals surface area contributed by atoms with E-state index in [9.17, 15) is 9.18 Å². The number of carbonyl (C=O) groups excluding carboxylic acids is 1. The number of benzene rings is 2. The van der Waals surface area contributed by atoms with Crippen molar-refractivity contribution in [3.8, 4) is 16.9 Å². The smallest absolute Gasteiger partial charge is 0.340 e. The van der Waals surface area contributed by atoms with Gasteiger partial charge in [-0.15, -0.1) is 0 Å². The lowest BCUT2D eigenvalue weighted by Gasteiger charge is -2.29. The number of unbranched alkanes of at least 4 members (excludes halogenated alkanes) is 1. The van der Waals surface area contributed by atoms with Gasteiger partial charge in [-0.25, -0.2) is 9.18 Å². The monoisotopic (exact) mass is 504 g/mol. The van der Waals surface area contributed by atoms with Gasteiger partial charge in [-0.2, -0.15) is 0 Å². The number of hydrogen-bond acceptors (Lipinski definition) is 3. The molecule has 2 aromatic carbocycles. The van der Waals surface area contributed by atoms with Gasteiger partial charge in [0.25, 0.3) is 0 Å². The van der Waals surface area contributed by atoms with E-state index in [1.807, 2.05) is 13.0 Å². The van der Waals surface area contributed by atoms with E-state index in [1.54, 1.807) is 0 Å². The first-order valence-corrected chi connectivity index (χ1v) is 12.7. The van der Waals surface area contributed by atoms with Crippen LogP contribution in [0.2, 0.25) is 0 Å². The van der Waals surface area contributed by atoms with E-state index in [-0.39, 0.29) is 12.5 Å². The Morgan fingerprint density at radius 2 is 1.72 bits per heavy atom. The maximum Gasteiger partial charge on any atom is 0.340 e. The van der Waals surface area contributed by atoms with Crippen LogP contribution in [0.3, 0.4) is 0 Å². The van der Waals surface area contributed by atoms with Gasteiger partial charge < -0.3 is 9.47 Å². The lowest BCUT2D eigenvalue weighted by molar-refractivity contribution is -0.157. The van der Waals surface area contributed by atoms with Crippen molar-refractivity contribution < 1.29 is 18.7 Å². The SMILES string of the molecule is CCCC[C@H](F)C(=O)O[C@H]1CC[C@H](c2ccc(-c3ccc(OCCC)c(Br)c3)cc2)CC1. The highest BCUT2D eigenvalue weighted by Gasteiger charge is 2.27. The molecule has 1 atom stereocenters. The fourth-order valence-corrected chi connectivity index (χ4v) is 4.70. The van der Waals surface area contributed by atoms with Crippen LogP contribution in [0.1, 0.15) is 76.7 Å². The van der Waals surface area contributed by atoms with E-state index < -0.39 is 12.1 Å². The maximum atomic E-state index is 13.9. The standard InChI is InChI=1S/C27H34BrFO3/c1-3-5-6-25(29)27(30)32-23-14-11-20(12-15-23)19-7-9-21(10-8-19)22-13-16-26(24(28)18-22)31-17-4-2/h7-10,13,16,18,20,23,25H,3-6,11-12,14-15,17H2,1-2H3/t20-,23-,25-/m0/s1. The van der Waals surface area contributed by atoms with Gasteiger partial charge in [0.05, 0.1) is 11.1 Å². The van der Waals surface area contributed by atoms with Crippen LogP contribution in [-0.4, -0.2) is 24.9 Å². The zero-order valence-electron chi connectivity index (χ0n) is 19.1. The molecule has 0 N–H and O–H groups in total. The van der Waals surface area contributed by atoms with Gasteiger partial charge in [-0.3, -0.25) is 0 Å². The normalized spacial score (nSPS) is 19.4. The second kappa shape index (κ2) is 12.4. The summed E-state index contributed by atoms with van der Waals surface area (Å²) in [6.07, 6.45) is 4.72. The van der Waals surface area contributed by atoms with Gasteiger partial charge in [-0.1, -0.05) is 57.0 Å². The van der Waals surface area contributed by atoms with Gasteiger partial charge in [-0.05, 0) is 89.2 Å². The summed E-state index contributed by atoms with van der Waals surface area (Å²) < 4.78 is 26.0. The number of hydrogen-bond donors (Lipinski definition) is 0. The molecule has 0 aliphatic heterocycles. The Bertz CT molecular complexity index is 860. The zero-order valence-corrected chi connectivity index (χ0v) is 20.7. The molecule has 0 amide bonds. The molecule has 2 aromatic rings. The highest BCUT2D eigenvalue weighted by molar-refractivity contribution is 9.10. The van der Waals surface area contributed by atoms with Gasteiger partial charge in [0.15, 0.2) is 6.17 Å². The molecule has 0 spiro atoms. The van der Waals surface area contributed by atoms with Gasteiger partial charge in [0, 0.05) is 0 Å². The molecule has 174 valence electrons. The molecule has 0 aromatic heterocycles. The van der Waals surface area contributed by atoms with Crippen LogP contribution < -0.4 is 4.74 Å². The summed E-state index contributed by atoms with van der Waals surface area (Å²) in [5.41, 5.74) is 3.62. The quantitative estimate of drug-likeness (QED) is 0.307. The second-order valence-electron chi connectivity index (χ2n) is 8.64. The molecular weight excluding hydrogens is 471 g/mol. The third-order valence-electron chi connectivity index (χ3n) is 6.13. The minimum Gasteiger partial charge on any atom is -0.492 e. The molecule has 32 heavy (non-hydrogen) atoms. The van der Waals surface area contributed by atoms with Crippen molar-refractivity contribution in [1.29, 1.82) is 0 Å². The molecule has 3 rings (SSSR count).